The molecule has 1 amide bonds. The summed E-state index contributed by atoms with van der Waals surface area (Å²) in [4.78, 5) is 42.0. The Labute approximate surface area is 233 Å². The Hall–Kier alpha value is -4.08. The van der Waals surface area contributed by atoms with E-state index in [-0.39, 0.29) is 23.1 Å². The van der Waals surface area contributed by atoms with Crippen molar-refractivity contribution < 1.29 is 19.1 Å². The second kappa shape index (κ2) is 12.4. The highest BCUT2D eigenvalue weighted by atomic mass is 16.4. The molecule has 1 aliphatic rings. The molecule has 0 bridgehead atoms. The minimum atomic E-state index is -1.11. The summed E-state index contributed by atoms with van der Waals surface area (Å²) in [7, 11) is 0. The first kappa shape index (κ1) is 28.9. The number of nitrogens with one attached hydrogen (secondary N) is 1. The van der Waals surface area contributed by atoms with E-state index in [0.717, 1.165) is 29.8 Å². The number of hydrogen-bond donors (Lipinski definition) is 2. The maximum absolute atomic E-state index is 13.5. The summed E-state index contributed by atoms with van der Waals surface area (Å²) < 4.78 is 6.98. The highest BCUT2D eigenvalue weighted by molar-refractivity contribution is 5.96. The van der Waals surface area contributed by atoms with Gasteiger partial charge in [0.05, 0.1) is 24.2 Å². The molecule has 1 aromatic carbocycles. The number of benzene rings is 1. The number of rotatable bonds is 10. The van der Waals surface area contributed by atoms with Crippen LogP contribution in [0.2, 0.25) is 0 Å². The van der Waals surface area contributed by atoms with Gasteiger partial charge in [-0.1, -0.05) is 30.0 Å². The Bertz CT molecular complexity index is 1510. The fraction of sp³-hybridized carbons (Fsp3) is 0.467. The molecule has 1 saturated carbocycles. The van der Waals surface area contributed by atoms with E-state index in [1.165, 1.54) is 19.3 Å². The summed E-state index contributed by atoms with van der Waals surface area (Å²) in [5, 5.41) is 21.4. The lowest BCUT2D eigenvalue weighted by molar-refractivity contribution is -0.136. The molecule has 10 heteroatoms. The first-order valence-electron chi connectivity index (χ1n) is 13.7. The smallest absolute Gasteiger partial charge is 0.340 e. The van der Waals surface area contributed by atoms with E-state index < -0.39 is 24.1 Å². The van der Waals surface area contributed by atoms with Gasteiger partial charge in [-0.15, -0.1) is 11.7 Å². The van der Waals surface area contributed by atoms with E-state index in [1.807, 2.05) is 27.0 Å². The Morgan fingerprint density at radius 3 is 2.60 bits per heavy atom. The molecule has 40 heavy (non-hydrogen) atoms. The van der Waals surface area contributed by atoms with Gasteiger partial charge in [-0.25, -0.2) is 9.48 Å². The van der Waals surface area contributed by atoms with Gasteiger partial charge in [0, 0.05) is 22.9 Å². The summed E-state index contributed by atoms with van der Waals surface area (Å²) in [5.41, 5.74) is 3.19. The SMILES string of the molecule is C=C(C)CC(C(=O)Nc1ccc2c(C)c(CC(=O)O)c(=O)oc2c1)n1cc(C(N=C(C)C)C2CCCCC2)nn1. The molecular weight excluding hydrogens is 510 g/mol. The van der Waals surface area contributed by atoms with E-state index in [2.05, 4.69) is 22.2 Å². The standard InChI is InChI=1S/C30H37N5O5/c1-17(2)13-25(35-16-24(33-34-35)28(31-18(3)4)20-9-7-6-8-10-20)29(38)32-21-11-12-22-19(5)23(15-27(36)37)30(39)40-26(22)14-21/h11-12,14,16,20,25,28H,1,6-10,13,15H2,2-5H3,(H,32,38)(H,36,37). The van der Waals surface area contributed by atoms with Gasteiger partial charge in [0.25, 0.3) is 0 Å². The molecule has 0 aliphatic heterocycles. The third-order valence-electron chi connectivity index (χ3n) is 7.37. The van der Waals surface area contributed by atoms with Crippen LogP contribution in [0.3, 0.4) is 0 Å². The lowest BCUT2D eigenvalue weighted by Crippen LogP contribution is -2.27. The fourth-order valence-corrected chi connectivity index (χ4v) is 5.41. The Morgan fingerprint density at radius 2 is 1.95 bits per heavy atom. The van der Waals surface area contributed by atoms with Gasteiger partial charge in [-0.2, -0.15) is 0 Å². The topological polar surface area (TPSA) is 140 Å². The summed E-state index contributed by atoms with van der Waals surface area (Å²) in [6, 6.07) is 4.18. The molecule has 1 fully saturated rings. The van der Waals surface area contributed by atoms with Gasteiger partial charge in [-0.05, 0) is 70.6 Å². The minimum Gasteiger partial charge on any atom is -0.481 e. The number of aryl methyl sites for hydroxylation is 1. The molecule has 2 heterocycles. The quantitative estimate of drug-likeness (QED) is 0.192. The van der Waals surface area contributed by atoms with E-state index in [0.29, 0.717) is 29.0 Å². The zero-order chi connectivity index (χ0) is 29.0. The molecule has 10 nitrogen and oxygen atoms in total. The average Bonchev–Trinajstić information content (AvgIpc) is 3.38. The predicted octanol–water partition coefficient (Wildman–Crippen LogP) is 5.57. The van der Waals surface area contributed by atoms with Crippen LogP contribution in [0.4, 0.5) is 5.69 Å². The van der Waals surface area contributed by atoms with Crippen molar-refractivity contribution in [3.8, 4) is 0 Å². The zero-order valence-corrected chi connectivity index (χ0v) is 23.6. The van der Waals surface area contributed by atoms with Gasteiger partial charge in [0.1, 0.15) is 17.3 Å². The van der Waals surface area contributed by atoms with E-state index in [9.17, 15) is 14.4 Å². The number of fused-ring (bicyclic) bond motifs is 1. The van der Waals surface area contributed by atoms with Crippen LogP contribution in [-0.2, 0) is 16.0 Å². The van der Waals surface area contributed by atoms with Crippen LogP contribution < -0.4 is 10.9 Å². The molecule has 0 saturated heterocycles. The molecular formula is C30H37N5O5. The number of amides is 1. The maximum Gasteiger partial charge on any atom is 0.340 e. The van der Waals surface area contributed by atoms with E-state index in [1.54, 1.807) is 29.8 Å². The van der Waals surface area contributed by atoms with Crippen molar-refractivity contribution in [2.45, 2.75) is 84.7 Å². The molecule has 0 spiro atoms. The third-order valence-corrected chi connectivity index (χ3v) is 7.37. The Morgan fingerprint density at radius 1 is 1.23 bits per heavy atom. The van der Waals surface area contributed by atoms with Crippen LogP contribution >= 0.6 is 0 Å². The van der Waals surface area contributed by atoms with Gasteiger partial charge in [0.2, 0.25) is 5.91 Å². The van der Waals surface area contributed by atoms with Gasteiger partial charge < -0.3 is 14.8 Å². The molecule has 2 aromatic heterocycles. The van der Waals surface area contributed by atoms with Crippen molar-refractivity contribution in [3.05, 3.63) is 63.8 Å². The van der Waals surface area contributed by atoms with Crippen molar-refractivity contribution in [1.82, 2.24) is 15.0 Å². The van der Waals surface area contributed by atoms with Gasteiger partial charge in [0.15, 0.2) is 0 Å². The van der Waals surface area contributed by atoms with E-state index in [4.69, 9.17) is 14.5 Å². The van der Waals surface area contributed by atoms with Crippen LogP contribution in [-0.4, -0.2) is 37.7 Å². The van der Waals surface area contributed by atoms with Gasteiger partial charge in [-0.3, -0.25) is 14.6 Å². The van der Waals surface area contributed by atoms with Crippen LogP contribution in [0.1, 0.15) is 88.2 Å². The van der Waals surface area contributed by atoms with Crippen molar-refractivity contribution >= 4 is 34.2 Å². The normalized spacial score (nSPS) is 15.4. The number of allylic oxidation sites excluding steroid dienone is 1. The number of carboxylic acids is 1. The summed E-state index contributed by atoms with van der Waals surface area (Å²) >= 11 is 0. The van der Waals surface area contributed by atoms with Crippen LogP contribution in [0.5, 0.6) is 0 Å². The lowest BCUT2D eigenvalue weighted by atomic mass is 9.83. The van der Waals surface area contributed by atoms with Gasteiger partial charge >= 0.3 is 11.6 Å². The molecule has 4 rings (SSSR count). The van der Waals surface area contributed by atoms with Crippen molar-refractivity contribution in [1.29, 1.82) is 0 Å². The lowest BCUT2D eigenvalue weighted by Gasteiger charge is -2.26. The fourth-order valence-electron chi connectivity index (χ4n) is 5.41. The first-order valence-corrected chi connectivity index (χ1v) is 13.7. The maximum atomic E-state index is 13.5. The van der Waals surface area contributed by atoms with Crippen molar-refractivity contribution in [3.63, 3.8) is 0 Å². The summed E-state index contributed by atoms with van der Waals surface area (Å²) in [6.45, 7) is 11.5. The number of aromatic nitrogens is 3. The average molecular weight is 548 g/mol. The molecule has 1 aliphatic carbocycles. The monoisotopic (exact) mass is 547 g/mol. The number of aliphatic carboxylic acids is 1. The number of aliphatic imine (C=N–C) groups is 1. The predicted molar refractivity (Wildman–Crippen MR) is 154 cm³/mol. The largest absolute Gasteiger partial charge is 0.481 e. The Balaban J connectivity index is 1.61. The first-order chi connectivity index (χ1) is 19.0. The third kappa shape index (κ3) is 6.73. The number of nitrogens with zero attached hydrogens (tertiary/aromatic N) is 4. The molecule has 212 valence electrons. The molecule has 0 radical (unpaired) electrons. The second-order valence-electron chi connectivity index (χ2n) is 11.0. The highest BCUT2D eigenvalue weighted by Gasteiger charge is 2.29. The summed E-state index contributed by atoms with van der Waals surface area (Å²) in [5.74, 6) is -1.03. The van der Waals surface area contributed by atoms with Crippen LogP contribution in [0.25, 0.3) is 11.0 Å². The molecule has 3 aromatic rings. The molecule has 2 atom stereocenters. The zero-order valence-electron chi connectivity index (χ0n) is 23.6. The number of anilines is 1. The van der Waals surface area contributed by atoms with E-state index >= 15 is 0 Å². The molecule has 2 unspecified atom stereocenters. The second-order valence-corrected chi connectivity index (χ2v) is 11.0. The number of hydrogen-bond acceptors (Lipinski definition) is 7. The van der Waals surface area contributed by atoms with Crippen molar-refractivity contribution in [2.75, 3.05) is 5.32 Å². The summed E-state index contributed by atoms with van der Waals surface area (Å²) in [6.07, 6.45) is 7.56. The molecule has 2 N–H and O–H groups in total. The highest BCUT2D eigenvalue weighted by Crippen LogP contribution is 2.37. The number of carbonyl (C=O) groups is 2. The van der Waals surface area contributed by atoms with Crippen LogP contribution in [0.15, 0.2) is 50.8 Å². The number of carbonyl (C=O) groups excluding carboxylic acids is 1. The minimum absolute atomic E-state index is 0.0924. The number of carboxylic acid groups (broad SMARTS) is 1. The van der Waals surface area contributed by atoms with Crippen molar-refractivity contribution in [2.24, 2.45) is 10.9 Å². The Kier molecular flexibility index (Phi) is 8.96. The van der Waals surface area contributed by atoms with Crippen LogP contribution in [0, 0.1) is 12.8 Å².